The van der Waals surface area contributed by atoms with Crippen LogP contribution in [-0.4, -0.2) is 43.7 Å². The maximum Gasteiger partial charge on any atom is 0.224 e. The summed E-state index contributed by atoms with van der Waals surface area (Å²) in [7, 11) is 0. The van der Waals surface area contributed by atoms with Crippen LogP contribution in [-0.2, 0) is 16.0 Å². The van der Waals surface area contributed by atoms with E-state index in [4.69, 9.17) is 4.74 Å². The smallest absolute Gasteiger partial charge is 0.224 e. The van der Waals surface area contributed by atoms with Gasteiger partial charge in [0.15, 0.2) is 0 Å². The minimum Gasteiger partial charge on any atom is -0.379 e. The van der Waals surface area contributed by atoms with Crippen LogP contribution in [0.5, 0.6) is 0 Å². The van der Waals surface area contributed by atoms with Crippen LogP contribution in [0.3, 0.4) is 0 Å². The van der Waals surface area contributed by atoms with E-state index < -0.39 is 0 Å². The molecule has 24 heavy (non-hydrogen) atoms. The number of rotatable bonds is 6. The van der Waals surface area contributed by atoms with Crippen LogP contribution in [0, 0.1) is 6.92 Å². The average Bonchev–Trinajstić information content (AvgIpc) is 3.10. The third kappa shape index (κ3) is 4.66. The summed E-state index contributed by atoms with van der Waals surface area (Å²) in [5.74, 6) is 0.0779. The number of ether oxygens (including phenoxy) is 1. The van der Waals surface area contributed by atoms with Gasteiger partial charge in [-0.1, -0.05) is 29.8 Å². The lowest BCUT2D eigenvalue weighted by atomic mass is 10.1. The zero-order valence-corrected chi connectivity index (χ0v) is 14.8. The monoisotopic (exact) mass is 344 g/mol. The molecule has 128 valence electrons. The molecule has 1 amide bonds. The van der Waals surface area contributed by atoms with Crippen LogP contribution in [0.2, 0.25) is 0 Å². The first-order valence-corrected chi connectivity index (χ1v) is 9.33. The zero-order chi connectivity index (χ0) is 16.8. The Morgan fingerprint density at radius 3 is 2.88 bits per heavy atom. The Hall–Kier alpha value is -1.69. The highest BCUT2D eigenvalue weighted by Crippen LogP contribution is 2.23. The number of carbonyl (C=O) groups is 1. The summed E-state index contributed by atoms with van der Waals surface area (Å²) in [6, 6.07) is 10.5. The van der Waals surface area contributed by atoms with Gasteiger partial charge in [0, 0.05) is 19.6 Å². The fraction of sp³-hybridized carbons (Fsp3) is 0.421. The van der Waals surface area contributed by atoms with Crippen molar-refractivity contribution >= 4 is 17.2 Å². The van der Waals surface area contributed by atoms with Crippen molar-refractivity contribution in [3.05, 3.63) is 57.8 Å². The van der Waals surface area contributed by atoms with Gasteiger partial charge in [0.2, 0.25) is 5.91 Å². The Bertz CT molecular complexity index is 651. The highest BCUT2D eigenvalue weighted by Gasteiger charge is 2.23. The van der Waals surface area contributed by atoms with Crippen molar-refractivity contribution in [1.29, 1.82) is 0 Å². The first-order chi connectivity index (χ1) is 11.7. The van der Waals surface area contributed by atoms with Crippen molar-refractivity contribution in [2.75, 3.05) is 32.8 Å². The Morgan fingerprint density at radius 2 is 2.17 bits per heavy atom. The maximum absolute atomic E-state index is 12.3. The Morgan fingerprint density at radius 1 is 1.33 bits per heavy atom. The van der Waals surface area contributed by atoms with Crippen LogP contribution >= 0.6 is 11.3 Å². The third-order valence-corrected chi connectivity index (χ3v) is 5.06. The second-order valence-electron chi connectivity index (χ2n) is 6.19. The number of hydrogen-bond donors (Lipinski definition) is 1. The molecule has 2 heterocycles. The predicted octanol–water partition coefficient (Wildman–Crippen LogP) is 2.79. The number of amides is 1. The molecule has 1 N–H and O–H groups in total. The Kier molecular flexibility index (Phi) is 6.01. The topological polar surface area (TPSA) is 41.6 Å². The molecule has 3 rings (SSSR count). The predicted molar refractivity (Wildman–Crippen MR) is 97.3 cm³/mol. The lowest BCUT2D eigenvalue weighted by molar-refractivity contribution is -0.120. The maximum atomic E-state index is 12.3. The largest absolute Gasteiger partial charge is 0.379 e. The molecular formula is C19H24N2O2S. The fourth-order valence-corrected chi connectivity index (χ4v) is 3.80. The Labute approximate surface area is 147 Å². The lowest BCUT2D eigenvalue weighted by Crippen LogP contribution is -2.43. The third-order valence-electron chi connectivity index (χ3n) is 4.35. The summed E-state index contributed by atoms with van der Waals surface area (Å²) < 4.78 is 5.46. The number of aryl methyl sites for hydroxylation is 1. The van der Waals surface area contributed by atoms with Gasteiger partial charge in [-0.25, -0.2) is 0 Å². The number of morpholine rings is 1. The van der Waals surface area contributed by atoms with E-state index in [0.29, 0.717) is 13.0 Å². The molecule has 1 aromatic carbocycles. The van der Waals surface area contributed by atoms with Crippen molar-refractivity contribution in [2.24, 2.45) is 0 Å². The van der Waals surface area contributed by atoms with Crippen molar-refractivity contribution in [3.63, 3.8) is 0 Å². The molecule has 2 aromatic rings. The number of thiophene rings is 1. The molecule has 0 spiro atoms. The van der Waals surface area contributed by atoms with E-state index in [9.17, 15) is 4.79 Å². The van der Waals surface area contributed by atoms with E-state index in [1.54, 1.807) is 11.3 Å². The van der Waals surface area contributed by atoms with Crippen LogP contribution in [0.25, 0.3) is 0 Å². The van der Waals surface area contributed by atoms with E-state index >= 15 is 0 Å². The van der Waals surface area contributed by atoms with E-state index in [-0.39, 0.29) is 11.9 Å². The van der Waals surface area contributed by atoms with Gasteiger partial charge in [0.25, 0.3) is 0 Å². The highest BCUT2D eigenvalue weighted by molar-refractivity contribution is 7.07. The number of hydrogen-bond acceptors (Lipinski definition) is 4. The standard InChI is InChI=1S/C19H24N2O2S/c1-15-3-2-4-16(11-15)12-19(22)20-13-18(17-5-10-24-14-17)21-6-8-23-9-7-21/h2-5,10-11,14,18H,6-9,12-13H2,1H3,(H,20,22). The molecule has 1 fully saturated rings. The van der Waals surface area contributed by atoms with Gasteiger partial charge in [-0.3, -0.25) is 9.69 Å². The van der Waals surface area contributed by atoms with Crippen molar-refractivity contribution in [2.45, 2.75) is 19.4 Å². The SMILES string of the molecule is Cc1cccc(CC(=O)NCC(c2ccsc2)N2CCOCC2)c1. The molecule has 1 aliphatic heterocycles. The van der Waals surface area contributed by atoms with Gasteiger partial charge in [0.1, 0.15) is 0 Å². The van der Waals surface area contributed by atoms with Crippen molar-refractivity contribution < 1.29 is 9.53 Å². The number of nitrogens with zero attached hydrogens (tertiary/aromatic N) is 1. The molecule has 1 aromatic heterocycles. The molecular weight excluding hydrogens is 320 g/mol. The molecule has 0 saturated carbocycles. The Balaban J connectivity index is 1.59. The average molecular weight is 344 g/mol. The molecule has 1 saturated heterocycles. The molecule has 0 radical (unpaired) electrons. The lowest BCUT2D eigenvalue weighted by Gasteiger charge is -2.34. The fourth-order valence-electron chi connectivity index (χ4n) is 3.09. The normalized spacial score (nSPS) is 16.7. The van der Waals surface area contributed by atoms with Crippen LogP contribution in [0.1, 0.15) is 22.7 Å². The minimum atomic E-state index is 0.0779. The summed E-state index contributed by atoms with van der Waals surface area (Å²) in [4.78, 5) is 14.7. The van der Waals surface area contributed by atoms with Crippen LogP contribution in [0.4, 0.5) is 0 Å². The highest BCUT2D eigenvalue weighted by atomic mass is 32.1. The zero-order valence-electron chi connectivity index (χ0n) is 14.0. The van der Waals surface area contributed by atoms with Gasteiger partial charge >= 0.3 is 0 Å². The van der Waals surface area contributed by atoms with Gasteiger partial charge < -0.3 is 10.1 Å². The molecule has 1 aliphatic rings. The molecule has 1 unspecified atom stereocenters. The minimum absolute atomic E-state index is 0.0779. The first-order valence-electron chi connectivity index (χ1n) is 8.38. The summed E-state index contributed by atoms with van der Waals surface area (Å²) in [5.41, 5.74) is 3.52. The van der Waals surface area contributed by atoms with Gasteiger partial charge in [-0.2, -0.15) is 11.3 Å². The second-order valence-corrected chi connectivity index (χ2v) is 6.97. The van der Waals surface area contributed by atoms with Gasteiger partial charge in [0.05, 0.1) is 25.7 Å². The summed E-state index contributed by atoms with van der Waals surface area (Å²) in [5, 5.41) is 7.39. The van der Waals surface area contributed by atoms with E-state index in [0.717, 1.165) is 31.9 Å². The van der Waals surface area contributed by atoms with Gasteiger partial charge in [-0.15, -0.1) is 0 Å². The summed E-state index contributed by atoms with van der Waals surface area (Å²) >= 11 is 1.70. The van der Waals surface area contributed by atoms with Crippen molar-refractivity contribution in [1.82, 2.24) is 10.2 Å². The summed E-state index contributed by atoms with van der Waals surface area (Å²) in [6.45, 7) is 6.03. The van der Waals surface area contributed by atoms with Crippen LogP contribution in [0.15, 0.2) is 41.1 Å². The molecule has 0 bridgehead atoms. The number of nitrogens with one attached hydrogen (secondary N) is 1. The number of benzene rings is 1. The second kappa shape index (κ2) is 8.42. The molecule has 0 aliphatic carbocycles. The number of carbonyl (C=O) groups excluding carboxylic acids is 1. The van der Waals surface area contributed by atoms with Crippen LogP contribution < -0.4 is 5.32 Å². The molecule has 5 heteroatoms. The summed E-state index contributed by atoms with van der Waals surface area (Å²) in [6.07, 6.45) is 0.432. The first kappa shape index (κ1) is 17.1. The van der Waals surface area contributed by atoms with E-state index in [1.807, 2.05) is 25.1 Å². The molecule has 4 nitrogen and oxygen atoms in total. The van der Waals surface area contributed by atoms with E-state index in [1.165, 1.54) is 11.1 Å². The van der Waals surface area contributed by atoms with Crippen molar-refractivity contribution in [3.8, 4) is 0 Å². The quantitative estimate of drug-likeness (QED) is 0.876. The van der Waals surface area contributed by atoms with E-state index in [2.05, 4.69) is 33.1 Å². The molecule has 1 atom stereocenters. The van der Waals surface area contributed by atoms with Gasteiger partial charge in [-0.05, 0) is 34.9 Å².